The standard InChI is InChI=1S/C17H21FN2O3/c1-17(2,3)23-16(21)20-9-8-15(14(18)11-20)22-13-6-4-12(10-19)5-7-13/h4-7,14-15H,8-9,11H2,1-3H3. The minimum absolute atomic E-state index is 0.0458. The highest BCUT2D eigenvalue weighted by Crippen LogP contribution is 2.23. The van der Waals surface area contributed by atoms with E-state index in [1.54, 1.807) is 45.0 Å². The van der Waals surface area contributed by atoms with Crippen LogP contribution >= 0.6 is 0 Å². The third-order valence-electron chi connectivity index (χ3n) is 3.40. The monoisotopic (exact) mass is 320 g/mol. The van der Waals surface area contributed by atoms with Crippen molar-refractivity contribution in [2.24, 2.45) is 0 Å². The van der Waals surface area contributed by atoms with Gasteiger partial charge in [0.1, 0.15) is 17.5 Å². The normalized spacial score (nSPS) is 21.4. The topological polar surface area (TPSA) is 62.6 Å². The van der Waals surface area contributed by atoms with Crippen LogP contribution in [0.2, 0.25) is 0 Å². The molecule has 0 N–H and O–H groups in total. The summed E-state index contributed by atoms with van der Waals surface area (Å²) >= 11 is 0. The highest BCUT2D eigenvalue weighted by molar-refractivity contribution is 5.68. The summed E-state index contributed by atoms with van der Waals surface area (Å²) in [5.74, 6) is 0.516. The number of benzene rings is 1. The number of nitriles is 1. The number of amides is 1. The van der Waals surface area contributed by atoms with Crippen molar-refractivity contribution in [2.75, 3.05) is 13.1 Å². The Morgan fingerprint density at radius 1 is 1.35 bits per heavy atom. The molecule has 0 bridgehead atoms. The molecular weight excluding hydrogens is 299 g/mol. The second-order valence-electron chi connectivity index (χ2n) is 6.52. The lowest BCUT2D eigenvalue weighted by Crippen LogP contribution is -2.50. The van der Waals surface area contributed by atoms with Gasteiger partial charge >= 0.3 is 6.09 Å². The van der Waals surface area contributed by atoms with E-state index < -0.39 is 24.0 Å². The summed E-state index contributed by atoms with van der Waals surface area (Å²) in [6, 6.07) is 8.55. The molecule has 5 nitrogen and oxygen atoms in total. The van der Waals surface area contributed by atoms with Gasteiger partial charge in [-0.05, 0) is 45.0 Å². The van der Waals surface area contributed by atoms with E-state index in [2.05, 4.69) is 0 Å². The number of hydrogen-bond donors (Lipinski definition) is 0. The van der Waals surface area contributed by atoms with E-state index in [1.807, 2.05) is 6.07 Å². The second kappa shape index (κ2) is 6.86. The zero-order valence-corrected chi connectivity index (χ0v) is 13.6. The fraction of sp³-hybridized carbons (Fsp3) is 0.529. The Morgan fingerprint density at radius 3 is 2.52 bits per heavy atom. The van der Waals surface area contributed by atoms with E-state index in [-0.39, 0.29) is 6.54 Å². The predicted octanol–water partition coefficient (Wildman–Crippen LogP) is 3.28. The predicted molar refractivity (Wildman–Crippen MR) is 82.9 cm³/mol. The average molecular weight is 320 g/mol. The molecule has 0 saturated carbocycles. The van der Waals surface area contributed by atoms with Gasteiger partial charge in [-0.15, -0.1) is 0 Å². The van der Waals surface area contributed by atoms with Crippen LogP contribution in [-0.4, -0.2) is 42.0 Å². The molecule has 2 rings (SSSR count). The zero-order valence-electron chi connectivity index (χ0n) is 13.6. The first-order valence-corrected chi connectivity index (χ1v) is 7.57. The second-order valence-corrected chi connectivity index (χ2v) is 6.52. The number of alkyl halides is 1. The summed E-state index contributed by atoms with van der Waals surface area (Å²) in [5.41, 5.74) is -0.0764. The van der Waals surface area contributed by atoms with Gasteiger partial charge in [0, 0.05) is 13.0 Å². The molecule has 1 aliphatic heterocycles. The maximum Gasteiger partial charge on any atom is 0.410 e. The molecule has 0 radical (unpaired) electrons. The lowest BCUT2D eigenvalue weighted by Gasteiger charge is -2.35. The molecule has 2 atom stereocenters. The van der Waals surface area contributed by atoms with Crippen LogP contribution in [0.1, 0.15) is 32.8 Å². The molecule has 0 spiro atoms. The number of hydrogen-bond acceptors (Lipinski definition) is 4. The molecule has 6 heteroatoms. The Morgan fingerprint density at radius 2 is 2.00 bits per heavy atom. The molecule has 23 heavy (non-hydrogen) atoms. The van der Waals surface area contributed by atoms with E-state index in [1.165, 1.54) is 4.90 Å². The van der Waals surface area contributed by atoms with Crippen molar-refractivity contribution in [3.63, 3.8) is 0 Å². The highest BCUT2D eigenvalue weighted by atomic mass is 19.1. The third kappa shape index (κ3) is 4.85. The van der Waals surface area contributed by atoms with Crippen molar-refractivity contribution in [3.05, 3.63) is 29.8 Å². The summed E-state index contributed by atoms with van der Waals surface area (Å²) in [6.45, 7) is 5.67. The first-order chi connectivity index (χ1) is 10.8. The van der Waals surface area contributed by atoms with Gasteiger partial charge in [0.05, 0.1) is 18.2 Å². The number of ether oxygens (including phenoxy) is 2. The van der Waals surface area contributed by atoms with Crippen LogP contribution in [0.3, 0.4) is 0 Å². The van der Waals surface area contributed by atoms with Crippen molar-refractivity contribution < 1.29 is 18.7 Å². The lowest BCUT2D eigenvalue weighted by atomic mass is 10.1. The fourth-order valence-corrected chi connectivity index (χ4v) is 2.29. The van der Waals surface area contributed by atoms with Crippen molar-refractivity contribution >= 4 is 6.09 Å². The molecule has 124 valence electrons. The van der Waals surface area contributed by atoms with Gasteiger partial charge in [0.15, 0.2) is 6.17 Å². The van der Waals surface area contributed by atoms with E-state index in [4.69, 9.17) is 14.7 Å². The van der Waals surface area contributed by atoms with Crippen LogP contribution in [0.4, 0.5) is 9.18 Å². The fourth-order valence-electron chi connectivity index (χ4n) is 2.29. The maximum absolute atomic E-state index is 14.3. The van der Waals surface area contributed by atoms with E-state index in [0.717, 1.165) is 0 Å². The molecule has 1 aromatic carbocycles. The Labute approximate surface area is 135 Å². The van der Waals surface area contributed by atoms with Crippen molar-refractivity contribution in [1.82, 2.24) is 4.90 Å². The van der Waals surface area contributed by atoms with E-state index in [9.17, 15) is 9.18 Å². The van der Waals surface area contributed by atoms with Gasteiger partial charge in [0.2, 0.25) is 0 Å². The minimum Gasteiger partial charge on any atom is -0.487 e. The van der Waals surface area contributed by atoms with Crippen LogP contribution in [0.15, 0.2) is 24.3 Å². The number of carbonyl (C=O) groups is 1. The van der Waals surface area contributed by atoms with Gasteiger partial charge in [-0.3, -0.25) is 0 Å². The Kier molecular flexibility index (Phi) is 5.09. The summed E-state index contributed by atoms with van der Waals surface area (Å²) in [7, 11) is 0. The summed E-state index contributed by atoms with van der Waals surface area (Å²) in [5, 5.41) is 8.75. The van der Waals surface area contributed by atoms with Crippen LogP contribution in [0.25, 0.3) is 0 Å². The van der Waals surface area contributed by atoms with Crippen LogP contribution in [0.5, 0.6) is 5.75 Å². The molecule has 1 saturated heterocycles. The van der Waals surface area contributed by atoms with Crippen molar-refractivity contribution in [1.29, 1.82) is 5.26 Å². The summed E-state index contributed by atoms with van der Waals surface area (Å²) in [6.07, 6.45) is -2.01. The SMILES string of the molecule is CC(C)(C)OC(=O)N1CCC(Oc2ccc(C#N)cc2)C(F)C1. The number of carbonyl (C=O) groups excluding carboxylic acids is 1. The molecule has 2 unspecified atom stereocenters. The maximum atomic E-state index is 14.3. The highest BCUT2D eigenvalue weighted by Gasteiger charge is 2.34. The average Bonchev–Trinajstić information content (AvgIpc) is 2.48. The lowest BCUT2D eigenvalue weighted by molar-refractivity contribution is -0.0105. The quantitative estimate of drug-likeness (QED) is 0.839. The van der Waals surface area contributed by atoms with Crippen molar-refractivity contribution in [2.45, 2.75) is 45.1 Å². The minimum atomic E-state index is -1.29. The summed E-state index contributed by atoms with van der Waals surface area (Å²) < 4.78 is 25.2. The molecule has 1 heterocycles. The van der Waals surface area contributed by atoms with Gasteiger partial charge < -0.3 is 14.4 Å². The molecule has 0 aromatic heterocycles. The molecule has 1 fully saturated rings. The first-order valence-electron chi connectivity index (χ1n) is 7.57. The number of likely N-dealkylation sites (tertiary alicyclic amines) is 1. The number of piperidine rings is 1. The zero-order chi connectivity index (χ0) is 17.0. The third-order valence-corrected chi connectivity index (χ3v) is 3.40. The Bertz CT molecular complexity index is 589. The van der Waals surface area contributed by atoms with Crippen LogP contribution in [-0.2, 0) is 4.74 Å². The first kappa shape index (κ1) is 17.1. The molecule has 0 aliphatic carbocycles. The molecule has 1 aliphatic rings. The van der Waals surface area contributed by atoms with Crippen molar-refractivity contribution in [3.8, 4) is 11.8 Å². The van der Waals surface area contributed by atoms with E-state index >= 15 is 0 Å². The van der Waals surface area contributed by atoms with Crippen LogP contribution in [0, 0.1) is 11.3 Å². The smallest absolute Gasteiger partial charge is 0.410 e. The number of rotatable bonds is 2. The van der Waals surface area contributed by atoms with Gasteiger partial charge in [0.25, 0.3) is 0 Å². The number of nitrogens with zero attached hydrogens (tertiary/aromatic N) is 2. The number of halogens is 1. The van der Waals surface area contributed by atoms with E-state index in [0.29, 0.717) is 24.3 Å². The Hall–Kier alpha value is -2.29. The Balaban J connectivity index is 1.91. The molecule has 1 aromatic rings. The van der Waals surface area contributed by atoms with Crippen LogP contribution < -0.4 is 4.74 Å². The molecular formula is C17H21FN2O3. The van der Waals surface area contributed by atoms with Gasteiger partial charge in [-0.1, -0.05) is 0 Å². The van der Waals surface area contributed by atoms with Gasteiger partial charge in [-0.2, -0.15) is 5.26 Å². The summed E-state index contributed by atoms with van der Waals surface area (Å²) in [4.78, 5) is 13.3. The van der Waals surface area contributed by atoms with Gasteiger partial charge in [-0.25, -0.2) is 9.18 Å². The largest absolute Gasteiger partial charge is 0.487 e. The molecule has 1 amide bonds.